The van der Waals surface area contributed by atoms with E-state index in [4.69, 9.17) is 0 Å². The molecule has 0 aromatic heterocycles. The number of hydrogen-bond acceptors (Lipinski definition) is 2. The van der Waals surface area contributed by atoms with Gasteiger partial charge in [0.2, 0.25) is 0 Å². The van der Waals surface area contributed by atoms with E-state index in [9.17, 15) is 8.76 Å². The second kappa shape index (κ2) is 14.1. The van der Waals surface area contributed by atoms with E-state index in [1.54, 1.807) is 0 Å². The third-order valence-corrected chi connectivity index (χ3v) is 2.79. The second-order valence-corrected chi connectivity index (χ2v) is 4.50. The molecule has 0 saturated heterocycles. The molecular weight excluding hydrogens is 207 g/mol. The van der Waals surface area contributed by atoms with Gasteiger partial charge in [-0.15, -0.1) is 0 Å². The normalized spacial score (nSPS) is 12.1. The molecule has 0 N–H and O–H groups in total. The van der Waals surface area contributed by atoms with Gasteiger partial charge in [0.15, 0.2) is 0 Å². The summed E-state index contributed by atoms with van der Waals surface area (Å²) in [6.45, 7) is 2.21. The summed E-state index contributed by atoms with van der Waals surface area (Å²) >= 11 is -1.83. The molecular formula is C10H21NaO2S. The first-order chi connectivity index (χ1) is 6.27. The molecule has 0 aromatic rings. The van der Waals surface area contributed by atoms with Gasteiger partial charge in [-0.1, -0.05) is 62.9 Å². The van der Waals surface area contributed by atoms with E-state index in [0.29, 0.717) is 5.75 Å². The molecule has 0 aliphatic rings. The predicted octanol–water partition coefficient (Wildman–Crippen LogP) is 0.0102. The molecule has 80 valence electrons. The van der Waals surface area contributed by atoms with Crippen LogP contribution in [-0.2, 0) is 11.1 Å². The van der Waals surface area contributed by atoms with E-state index in [2.05, 4.69) is 6.92 Å². The van der Waals surface area contributed by atoms with Gasteiger partial charge in [0, 0.05) is 5.75 Å². The molecule has 0 aliphatic carbocycles. The third kappa shape index (κ3) is 15.6. The molecule has 0 fully saturated rings. The summed E-state index contributed by atoms with van der Waals surface area (Å²) in [6, 6.07) is 0. The van der Waals surface area contributed by atoms with Gasteiger partial charge >= 0.3 is 29.6 Å². The first kappa shape index (κ1) is 17.5. The zero-order valence-electron chi connectivity index (χ0n) is 9.59. The molecule has 1 atom stereocenters. The van der Waals surface area contributed by atoms with Gasteiger partial charge in [-0.3, -0.25) is 4.21 Å². The quantitative estimate of drug-likeness (QED) is 0.317. The zero-order chi connectivity index (χ0) is 9.94. The summed E-state index contributed by atoms with van der Waals surface area (Å²) in [5, 5.41) is 0. The molecule has 0 radical (unpaired) electrons. The minimum absolute atomic E-state index is 0. The van der Waals surface area contributed by atoms with Crippen molar-refractivity contribution < 1.29 is 38.3 Å². The summed E-state index contributed by atoms with van der Waals surface area (Å²) < 4.78 is 20.3. The Kier molecular flexibility index (Phi) is 17.6. The SMILES string of the molecule is CCCCCCCCCCS(=O)[O-].[Na+]. The van der Waals surface area contributed by atoms with Gasteiger partial charge in [-0.25, -0.2) is 0 Å². The van der Waals surface area contributed by atoms with Crippen molar-refractivity contribution in [3.05, 3.63) is 0 Å². The molecule has 0 saturated carbocycles. The average Bonchev–Trinajstić information content (AvgIpc) is 2.09. The van der Waals surface area contributed by atoms with E-state index < -0.39 is 11.1 Å². The van der Waals surface area contributed by atoms with E-state index >= 15 is 0 Å². The van der Waals surface area contributed by atoms with Gasteiger partial charge in [0.05, 0.1) is 0 Å². The van der Waals surface area contributed by atoms with Gasteiger partial charge in [0.1, 0.15) is 0 Å². The largest absolute Gasteiger partial charge is 1.00 e. The van der Waals surface area contributed by atoms with Crippen molar-refractivity contribution >= 4 is 11.1 Å². The van der Waals surface area contributed by atoms with Crippen molar-refractivity contribution in [2.75, 3.05) is 5.75 Å². The van der Waals surface area contributed by atoms with Gasteiger partial charge < -0.3 is 4.55 Å². The Bertz CT molecular complexity index is 131. The van der Waals surface area contributed by atoms with Crippen molar-refractivity contribution in [3.8, 4) is 0 Å². The molecule has 4 heteroatoms. The fourth-order valence-electron chi connectivity index (χ4n) is 1.35. The third-order valence-electron chi connectivity index (χ3n) is 2.16. The maximum atomic E-state index is 10.2. The van der Waals surface area contributed by atoms with Crippen LogP contribution in [0.4, 0.5) is 0 Å². The van der Waals surface area contributed by atoms with E-state index in [-0.39, 0.29) is 29.6 Å². The minimum atomic E-state index is -1.83. The van der Waals surface area contributed by atoms with E-state index in [0.717, 1.165) is 12.8 Å². The van der Waals surface area contributed by atoms with Crippen LogP contribution in [0.1, 0.15) is 58.3 Å². The van der Waals surface area contributed by atoms with Crippen LogP contribution in [-0.4, -0.2) is 14.5 Å². The Hall–Kier alpha value is 1.11. The van der Waals surface area contributed by atoms with Gasteiger partial charge in [-0.05, 0) is 6.42 Å². The maximum Gasteiger partial charge on any atom is 1.00 e. The molecule has 0 bridgehead atoms. The van der Waals surface area contributed by atoms with Crippen molar-refractivity contribution in [3.63, 3.8) is 0 Å². The standard InChI is InChI=1S/C10H22O2S.Na/c1-2-3-4-5-6-7-8-9-10-13(11)12;/h2-10H2,1H3,(H,11,12);/q;+1/p-1. The molecule has 0 spiro atoms. The van der Waals surface area contributed by atoms with Crippen LogP contribution in [0.25, 0.3) is 0 Å². The van der Waals surface area contributed by atoms with Crippen molar-refractivity contribution in [1.82, 2.24) is 0 Å². The Morgan fingerprint density at radius 1 is 0.929 bits per heavy atom. The molecule has 0 heterocycles. The molecule has 1 unspecified atom stereocenters. The summed E-state index contributed by atoms with van der Waals surface area (Å²) in [5.74, 6) is 0.342. The van der Waals surface area contributed by atoms with Crippen molar-refractivity contribution in [2.45, 2.75) is 58.3 Å². The van der Waals surface area contributed by atoms with Crippen LogP contribution in [0.15, 0.2) is 0 Å². The summed E-state index contributed by atoms with van der Waals surface area (Å²) in [5.41, 5.74) is 0. The predicted molar refractivity (Wildman–Crippen MR) is 56.4 cm³/mol. The fourth-order valence-corrected chi connectivity index (χ4v) is 1.79. The first-order valence-corrected chi connectivity index (χ1v) is 6.57. The van der Waals surface area contributed by atoms with Crippen LogP contribution in [0.5, 0.6) is 0 Å². The monoisotopic (exact) mass is 228 g/mol. The molecule has 14 heavy (non-hydrogen) atoms. The topological polar surface area (TPSA) is 40.1 Å². The molecule has 0 aromatic carbocycles. The zero-order valence-corrected chi connectivity index (χ0v) is 12.4. The number of hydrogen-bond donors (Lipinski definition) is 0. The number of unbranched alkanes of at least 4 members (excludes halogenated alkanes) is 7. The number of rotatable bonds is 9. The summed E-state index contributed by atoms with van der Waals surface area (Å²) in [4.78, 5) is 0. The van der Waals surface area contributed by atoms with Crippen molar-refractivity contribution in [2.24, 2.45) is 0 Å². The maximum absolute atomic E-state index is 10.2. The van der Waals surface area contributed by atoms with Crippen molar-refractivity contribution in [1.29, 1.82) is 0 Å². The van der Waals surface area contributed by atoms with Crippen LogP contribution < -0.4 is 29.6 Å². The Balaban J connectivity index is 0. The van der Waals surface area contributed by atoms with Crippen LogP contribution in [0.2, 0.25) is 0 Å². The van der Waals surface area contributed by atoms with Gasteiger partial charge in [-0.2, -0.15) is 0 Å². The molecule has 2 nitrogen and oxygen atoms in total. The Labute approximate surface area is 113 Å². The molecule has 0 aliphatic heterocycles. The fraction of sp³-hybridized carbons (Fsp3) is 1.00. The second-order valence-electron chi connectivity index (χ2n) is 3.48. The average molecular weight is 228 g/mol. The minimum Gasteiger partial charge on any atom is -0.772 e. The molecule has 0 amide bonds. The van der Waals surface area contributed by atoms with Crippen LogP contribution >= 0.6 is 0 Å². The molecule has 0 rings (SSSR count). The Morgan fingerprint density at radius 2 is 1.36 bits per heavy atom. The van der Waals surface area contributed by atoms with Gasteiger partial charge in [0.25, 0.3) is 0 Å². The van der Waals surface area contributed by atoms with E-state index in [1.807, 2.05) is 0 Å². The smallest absolute Gasteiger partial charge is 0.772 e. The summed E-state index contributed by atoms with van der Waals surface area (Å²) in [7, 11) is 0. The van der Waals surface area contributed by atoms with Crippen LogP contribution in [0.3, 0.4) is 0 Å². The van der Waals surface area contributed by atoms with E-state index in [1.165, 1.54) is 38.5 Å². The Morgan fingerprint density at radius 3 is 1.79 bits per heavy atom. The van der Waals surface area contributed by atoms with Crippen LogP contribution in [0, 0.1) is 0 Å². The first-order valence-electron chi connectivity index (χ1n) is 5.33. The summed E-state index contributed by atoms with van der Waals surface area (Å²) in [6.07, 6.45) is 9.65.